The minimum absolute atomic E-state index is 0.112. The van der Waals surface area contributed by atoms with Crippen LogP contribution in [0.2, 0.25) is 15.1 Å². The fraction of sp³-hybridized carbons (Fsp3) is 0.143. The number of nitrogens with zero attached hydrogens (tertiary/aromatic N) is 2. The Balaban J connectivity index is 1.57. The maximum atomic E-state index is 9.30. The molecule has 1 N–H and O–H groups in total. The van der Waals surface area contributed by atoms with Crippen molar-refractivity contribution in [1.29, 1.82) is 5.26 Å². The zero-order valence-corrected chi connectivity index (χ0v) is 17.4. The molecule has 0 amide bonds. The summed E-state index contributed by atoms with van der Waals surface area (Å²) in [4.78, 5) is 4.16. The summed E-state index contributed by atoms with van der Waals surface area (Å²) in [5, 5.41) is 13.2. The van der Waals surface area contributed by atoms with Crippen molar-refractivity contribution in [2.45, 2.75) is 6.61 Å². The zero-order chi connectivity index (χ0) is 20.6. The number of nitriles is 1. The lowest BCUT2D eigenvalue weighted by Crippen LogP contribution is -1.99. The number of halogens is 3. The summed E-state index contributed by atoms with van der Waals surface area (Å²) < 4.78 is 11.2. The lowest BCUT2D eigenvalue weighted by atomic mass is 10.2. The molecule has 5 nitrogen and oxygen atoms in total. The van der Waals surface area contributed by atoms with Crippen molar-refractivity contribution in [2.24, 2.45) is 0 Å². The molecule has 3 aromatic rings. The molecule has 0 bridgehead atoms. The molecular weight excluding hydrogens is 433 g/mol. The summed E-state index contributed by atoms with van der Waals surface area (Å²) in [5.41, 5.74) is 1.64. The Bertz CT molecular complexity index is 1040. The molecule has 1 aromatic heterocycles. The van der Waals surface area contributed by atoms with E-state index in [0.29, 0.717) is 30.3 Å². The summed E-state index contributed by atoms with van der Waals surface area (Å²) in [6.07, 6.45) is 3.75. The van der Waals surface area contributed by atoms with Crippen molar-refractivity contribution in [3.63, 3.8) is 0 Å². The van der Waals surface area contributed by atoms with E-state index in [-0.39, 0.29) is 27.5 Å². The molecule has 0 aliphatic carbocycles. The van der Waals surface area contributed by atoms with Crippen LogP contribution in [0.3, 0.4) is 0 Å². The van der Waals surface area contributed by atoms with Crippen molar-refractivity contribution in [1.82, 2.24) is 4.98 Å². The maximum absolute atomic E-state index is 9.30. The third-order valence-electron chi connectivity index (χ3n) is 3.83. The smallest absolute Gasteiger partial charge is 0.232 e. The van der Waals surface area contributed by atoms with E-state index in [1.807, 2.05) is 48.6 Å². The van der Waals surface area contributed by atoms with Gasteiger partial charge in [-0.2, -0.15) is 10.2 Å². The molecular formula is C21H16Cl3N3O2. The largest absolute Gasteiger partial charge is 0.419 e. The van der Waals surface area contributed by atoms with E-state index in [9.17, 15) is 5.26 Å². The SMILES string of the molecule is N#Cc1nc(-c2cc(Cl)cc(Cl)c2Cl)oc1NC/C=C/COCc1ccccc1. The minimum atomic E-state index is 0.112. The van der Waals surface area contributed by atoms with Gasteiger partial charge < -0.3 is 14.5 Å². The standard InChI is InChI=1S/C21H16Cl3N3O2/c22-15-10-16(19(24)17(23)11-15)20-27-18(12-25)21(29-20)26-8-4-5-9-28-13-14-6-2-1-3-7-14/h1-7,10-11,26H,8-9,13H2/b5-4+. The highest BCUT2D eigenvalue weighted by Gasteiger charge is 2.18. The van der Waals surface area contributed by atoms with E-state index in [1.165, 1.54) is 6.07 Å². The van der Waals surface area contributed by atoms with E-state index in [1.54, 1.807) is 6.07 Å². The highest BCUT2D eigenvalue weighted by molar-refractivity contribution is 6.44. The Kier molecular flexibility index (Phi) is 7.56. The molecule has 0 spiro atoms. The second kappa shape index (κ2) is 10.3. The van der Waals surface area contributed by atoms with Crippen LogP contribution in [0.4, 0.5) is 5.88 Å². The molecule has 0 saturated heterocycles. The Labute approximate surface area is 183 Å². The lowest BCUT2D eigenvalue weighted by molar-refractivity contribution is 0.148. The van der Waals surface area contributed by atoms with E-state index in [0.717, 1.165) is 5.56 Å². The highest BCUT2D eigenvalue weighted by atomic mass is 35.5. The molecule has 0 atom stereocenters. The van der Waals surface area contributed by atoms with Crippen molar-refractivity contribution in [3.8, 4) is 17.5 Å². The number of hydrogen-bond acceptors (Lipinski definition) is 5. The predicted molar refractivity (Wildman–Crippen MR) is 115 cm³/mol. The monoisotopic (exact) mass is 447 g/mol. The van der Waals surface area contributed by atoms with Gasteiger partial charge in [-0.05, 0) is 17.7 Å². The Hall–Kier alpha value is -2.49. The number of oxazole rings is 1. The normalized spacial score (nSPS) is 11.0. The van der Waals surface area contributed by atoms with Crippen molar-refractivity contribution >= 4 is 40.7 Å². The Morgan fingerprint density at radius 3 is 2.69 bits per heavy atom. The molecule has 0 radical (unpaired) electrons. The van der Waals surface area contributed by atoms with Crippen LogP contribution >= 0.6 is 34.8 Å². The molecule has 0 unspecified atom stereocenters. The molecule has 148 valence electrons. The molecule has 2 aromatic carbocycles. The van der Waals surface area contributed by atoms with Crippen LogP contribution in [0.5, 0.6) is 0 Å². The maximum Gasteiger partial charge on any atom is 0.232 e. The summed E-state index contributed by atoms with van der Waals surface area (Å²) in [7, 11) is 0. The second-order valence-electron chi connectivity index (χ2n) is 5.91. The Morgan fingerprint density at radius 1 is 1.14 bits per heavy atom. The van der Waals surface area contributed by atoms with Gasteiger partial charge >= 0.3 is 0 Å². The van der Waals surface area contributed by atoms with Gasteiger partial charge in [0.1, 0.15) is 6.07 Å². The first kappa shape index (κ1) is 21.2. The summed E-state index contributed by atoms with van der Waals surface area (Å²) in [5.74, 6) is 0.401. The van der Waals surface area contributed by atoms with Crippen LogP contribution < -0.4 is 5.32 Å². The molecule has 1 heterocycles. The quantitative estimate of drug-likeness (QED) is 0.247. The van der Waals surface area contributed by atoms with Gasteiger partial charge in [-0.3, -0.25) is 0 Å². The van der Waals surface area contributed by atoms with Gasteiger partial charge in [-0.15, -0.1) is 0 Å². The first-order valence-electron chi connectivity index (χ1n) is 8.65. The van der Waals surface area contributed by atoms with Crippen LogP contribution in [0.15, 0.2) is 59.0 Å². The van der Waals surface area contributed by atoms with E-state index >= 15 is 0 Å². The third kappa shape index (κ3) is 5.75. The van der Waals surface area contributed by atoms with Gasteiger partial charge in [-0.25, -0.2) is 0 Å². The van der Waals surface area contributed by atoms with Crippen LogP contribution in [-0.2, 0) is 11.3 Å². The fourth-order valence-electron chi connectivity index (χ4n) is 2.46. The average Bonchev–Trinajstić information content (AvgIpc) is 3.13. The molecule has 29 heavy (non-hydrogen) atoms. The highest BCUT2D eigenvalue weighted by Crippen LogP contribution is 2.37. The van der Waals surface area contributed by atoms with Gasteiger partial charge in [0.25, 0.3) is 0 Å². The van der Waals surface area contributed by atoms with Crippen LogP contribution in [-0.4, -0.2) is 18.1 Å². The first-order chi connectivity index (χ1) is 14.1. The molecule has 3 rings (SSSR count). The van der Waals surface area contributed by atoms with Crippen LogP contribution in [0.1, 0.15) is 11.3 Å². The van der Waals surface area contributed by atoms with E-state index in [4.69, 9.17) is 44.0 Å². The first-order valence-corrected chi connectivity index (χ1v) is 9.78. The summed E-state index contributed by atoms with van der Waals surface area (Å²) >= 11 is 18.3. The lowest BCUT2D eigenvalue weighted by Gasteiger charge is -2.03. The van der Waals surface area contributed by atoms with Crippen molar-refractivity contribution in [3.05, 3.63) is 80.9 Å². The molecule has 8 heteroatoms. The molecule has 0 aliphatic heterocycles. The number of benzene rings is 2. The van der Waals surface area contributed by atoms with Crippen LogP contribution in [0, 0.1) is 11.3 Å². The average molecular weight is 449 g/mol. The van der Waals surface area contributed by atoms with Gasteiger partial charge in [-0.1, -0.05) is 77.3 Å². The minimum Gasteiger partial charge on any atom is -0.419 e. The molecule has 0 saturated carbocycles. The van der Waals surface area contributed by atoms with Gasteiger partial charge in [0.2, 0.25) is 17.5 Å². The second-order valence-corrected chi connectivity index (χ2v) is 7.13. The predicted octanol–water partition coefficient (Wildman–Crippen LogP) is 6.36. The van der Waals surface area contributed by atoms with E-state index in [2.05, 4.69) is 10.3 Å². The van der Waals surface area contributed by atoms with Crippen molar-refractivity contribution < 1.29 is 9.15 Å². The number of anilines is 1. The van der Waals surface area contributed by atoms with Gasteiger partial charge in [0.05, 0.1) is 28.8 Å². The number of rotatable bonds is 8. The van der Waals surface area contributed by atoms with E-state index < -0.39 is 0 Å². The zero-order valence-electron chi connectivity index (χ0n) is 15.2. The van der Waals surface area contributed by atoms with Crippen LogP contribution in [0.25, 0.3) is 11.5 Å². The van der Waals surface area contributed by atoms with Crippen molar-refractivity contribution in [2.75, 3.05) is 18.5 Å². The number of ether oxygens (including phenoxy) is 1. The molecule has 0 aliphatic rings. The molecule has 0 fully saturated rings. The van der Waals surface area contributed by atoms with Gasteiger partial charge in [0.15, 0.2) is 0 Å². The topological polar surface area (TPSA) is 71.1 Å². The number of aromatic nitrogens is 1. The number of hydrogen-bond donors (Lipinski definition) is 1. The fourth-order valence-corrected chi connectivity index (χ4v) is 3.15. The third-order valence-corrected chi connectivity index (χ3v) is 4.85. The summed E-state index contributed by atoms with van der Waals surface area (Å²) in [6.45, 7) is 1.45. The Morgan fingerprint density at radius 2 is 1.93 bits per heavy atom. The summed E-state index contributed by atoms with van der Waals surface area (Å²) in [6, 6.07) is 15.0. The van der Waals surface area contributed by atoms with Gasteiger partial charge in [0, 0.05) is 11.6 Å². The number of nitrogens with one attached hydrogen (secondary N) is 1.